The van der Waals surface area contributed by atoms with Crippen LogP contribution in [-0.4, -0.2) is 35.6 Å². The second-order valence-electron chi connectivity index (χ2n) is 6.24. The van der Waals surface area contributed by atoms with E-state index in [1.54, 1.807) is 0 Å². The number of aliphatic hydroxyl groups excluding tert-OH is 1. The minimum atomic E-state index is 0.212. The Labute approximate surface area is 113 Å². The van der Waals surface area contributed by atoms with Crippen LogP contribution in [0, 0.1) is 17.8 Å². The van der Waals surface area contributed by atoms with E-state index in [1.807, 2.05) is 4.90 Å². The van der Waals surface area contributed by atoms with Crippen LogP contribution in [0.2, 0.25) is 0 Å². The fourth-order valence-electron chi connectivity index (χ4n) is 3.98. The largest absolute Gasteiger partial charge is 0.396 e. The quantitative estimate of drug-likeness (QED) is 0.870. The Morgan fingerprint density at radius 3 is 2.89 bits per heavy atom. The van der Waals surface area contributed by atoms with Crippen molar-refractivity contribution >= 4 is 5.91 Å². The van der Waals surface area contributed by atoms with Crippen LogP contribution in [0.3, 0.4) is 0 Å². The van der Waals surface area contributed by atoms with Gasteiger partial charge in [-0.15, -0.1) is 0 Å². The van der Waals surface area contributed by atoms with E-state index in [-0.39, 0.29) is 12.5 Å². The molecule has 3 nitrogen and oxygen atoms in total. The summed E-state index contributed by atoms with van der Waals surface area (Å²) < 4.78 is 0. The molecule has 0 spiro atoms. The van der Waals surface area contributed by atoms with E-state index < -0.39 is 0 Å². The fourth-order valence-corrected chi connectivity index (χ4v) is 3.98. The lowest BCUT2D eigenvalue weighted by Gasteiger charge is -2.38. The summed E-state index contributed by atoms with van der Waals surface area (Å²) in [5.41, 5.74) is 2.85. The minimum absolute atomic E-state index is 0.212. The minimum Gasteiger partial charge on any atom is -0.396 e. The van der Waals surface area contributed by atoms with Gasteiger partial charge in [0, 0.05) is 31.5 Å². The van der Waals surface area contributed by atoms with Crippen molar-refractivity contribution in [1.29, 1.82) is 0 Å². The first-order valence-electron chi connectivity index (χ1n) is 7.27. The van der Waals surface area contributed by atoms with Crippen molar-refractivity contribution in [1.82, 2.24) is 4.90 Å². The molecule has 1 amide bonds. The fraction of sp³-hybridized carbons (Fsp3) is 0.562. The van der Waals surface area contributed by atoms with E-state index in [9.17, 15) is 4.79 Å². The second kappa shape index (κ2) is 4.07. The maximum Gasteiger partial charge on any atom is 0.226 e. The highest BCUT2D eigenvalue weighted by atomic mass is 16.3. The molecule has 3 atom stereocenters. The molecule has 1 saturated carbocycles. The van der Waals surface area contributed by atoms with Gasteiger partial charge < -0.3 is 10.0 Å². The smallest absolute Gasteiger partial charge is 0.226 e. The first-order chi connectivity index (χ1) is 9.29. The van der Waals surface area contributed by atoms with Crippen LogP contribution in [0.5, 0.6) is 0 Å². The lowest BCUT2D eigenvalue weighted by molar-refractivity contribution is -0.140. The number of likely N-dealkylation sites (tertiary alicyclic amines) is 1. The van der Waals surface area contributed by atoms with Crippen molar-refractivity contribution in [2.24, 2.45) is 17.8 Å². The van der Waals surface area contributed by atoms with Crippen LogP contribution in [-0.2, 0) is 11.2 Å². The summed E-state index contributed by atoms with van der Waals surface area (Å²) in [5, 5.41) is 9.04. The zero-order valence-corrected chi connectivity index (χ0v) is 11.0. The number of benzene rings is 1. The first kappa shape index (κ1) is 11.5. The summed E-state index contributed by atoms with van der Waals surface area (Å²) in [5.74, 6) is 1.93. The van der Waals surface area contributed by atoms with Crippen LogP contribution in [0.25, 0.3) is 0 Å². The third kappa shape index (κ3) is 1.64. The molecule has 1 saturated heterocycles. The Balaban J connectivity index is 1.50. The van der Waals surface area contributed by atoms with E-state index >= 15 is 0 Å². The molecule has 1 N–H and O–H groups in total. The maximum absolute atomic E-state index is 12.5. The monoisotopic (exact) mass is 257 g/mol. The van der Waals surface area contributed by atoms with Crippen molar-refractivity contribution in [3.63, 3.8) is 0 Å². The third-order valence-electron chi connectivity index (χ3n) is 5.14. The highest BCUT2D eigenvalue weighted by Crippen LogP contribution is 2.60. The molecule has 19 heavy (non-hydrogen) atoms. The zero-order valence-electron chi connectivity index (χ0n) is 11.0. The van der Waals surface area contributed by atoms with Gasteiger partial charge in [-0.05, 0) is 35.8 Å². The summed E-state index contributed by atoms with van der Waals surface area (Å²) in [6.45, 7) is 1.73. The van der Waals surface area contributed by atoms with Crippen molar-refractivity contribution in [2.45, 2.75) is 18.8 Å². The van der Waals surface area contributed by atoms with Crippen LogP contribution < -0.4 is 0 Å². The van der Waals surface area contributed by atoms with Gasteiger partial charge in [-0.25, -0.2) is 0 Å². The average molecular weight is 257 g/mol. The van der Waals surface area contributed by atoms with E-state index in [0.29, 0.717) is 23.7 Å². The topological polar surface area (TPSA) is 40.5 Å². The number of carbonyl (C=O) groups excluding carboxylic acids is 1. The molecule has 4 rings (SSSR count). The molecule has 0 radical (unpaired) electrons. The van der Waals surface area contributed by atoms with E-state index in [0.717, 1.165) is 25.9 Å². The number of hydrogen-bond acceptors (Lipinski definition) is 2. The molecule has 2 fully saturated rings. The van der Waals surface area contributed by atoms with Gasteiger partial charge in [0.1, 0.15) is 0 Å². The number of fused-ring (bicyclic) bond motifs is 3. The van der Waals surface area contributed by atoms with Crippen LogP contribution in [0.15, 0.2) is 24.3 Å². The van der Waals surface area contributed by atoms with Gasteiger partial charge in [0.05, 0.1) is 0 Å². The molecular formula is C16H19NO2. The molecule has 2 aliphatic carbocycles. The predicted octanol–water partition coefficient (Wildman–Crippen LogP) is 1.41. The molecule has 3 heteroatoms. The number of aliphatic hydroxyl groups is 1. The molecule has 1 aliphatic heterocycles. The van der Waals surface area contributed by atoms with Crippen LogP contribution in [0.1, 0.15) is 23.5 Å². The van der Waals surface area contributed by atoms with Crippen molar-refractivity contribution in [3.8, 4) is 0 Å². The van der Waals surface area contributed by atoms with Gasteiger partial charge in [-0.1, -0.05) is 24.3 Å². The van der Waals surface area contributed by atoms with Gasteiger partial charge >= 0.3 is 0 Å². The van der Waals surface area contributed by atoms with Gasteiger partial charge in [-0.3, -0.25) is 4.79 Å². The molecular weight excluding hydrogens is 238 g/mol. The molecule has 1 aromatic carbocycles. The van der Waals surface area contributed by atoms with Gasteiger partial charge in [0.2, 0.25) is 5.91 Å². The molecule has 1 aromatic rings. The maximum atomic E-state index is 12.5. The number of hydrogen-bond donors (Lipinski definition) is 1. The summed E-state index contributed by atoms with van der Waals surface area (Å²) in [6, 6.07) is 8.59. The SMILES string of the molecule is O=C(C1C2CCc3ccccc3C21)N1CC(CO)C1. The van der Waals surface area contributed by atoms with Crippen molar-refractivity contribution < 1.29 is 9.90 Å². The Bertz CT molecular complexity index is 521. The van der Waals surface area contributed by atoms with Gasteiger partial charge in [0.25, 0.3) is 0 Å². The summed E-state index contributed by atoms with van der Waals surface area (Å²) in [7, 11) is 0. The third-order valence-corrected chi connectivity index (χ3v) is 5.14. The van der Waals surface area contributed by atoms with Gasteiger partial charge in [0.15, 0.2) is 0 Å². The average Bonchev–Trinajstić information content (AvgIpc) is 3.12. The number of aryl methyl sites for hydroxylation is 1. The molecule has 100 valence electrons. The number of amides is 1. The molecule has 3 unspecified atom stereocenters. The molecule has 0 aromatic heterocycles. The molecule has 1 heterocycles. The Hall–Kier alpha value is -1.35. The highest BCUT2D eigenvalue weighted by Gasteiger charge is 2.58. The van der Waals surface area contributed by atoms with E-state index in [4.69, 9.17) is 5.11 Å². The Morgan fingerprint density at radius 2 is 2.11 bits per heavy atom. The van der Waals surface area contributed by atoms with E-state index in [1.165, 1.54) is 11.1 Å². The summed E-state index contributed by atoms with van der Waals surface area (Å²) >= 11 is 0. The summed E-state index contributed by atoms with van der Waals surface area (Å²) in [4.78, 5) is 14.4. The second-order valence-corrected chi connectivity index (χ2v) is 6.24. The molecule has 3 aliphatic rings. The predicted molar refractivity (Wildman–Crippen MR) is 71.6 cm³/mol. The van der Waals surface area contributed by atoms with Crippen LogP contribution >= 0.6 is 0 Å². The normalized spacial score (nSPS) is 32.3. The van der Waals surface area contributed by atoms with Gasteiger partial charge in [-0.2, -0.15) is 0 Å². The number of rotatable bonds is 2. The van der Waals surface area contributed by atoms with Crippen molar-refractivity contribution in [3.05, 3.63) is 35.4 Å². The Morgan fingerprint density at radius 1 is 1.32 bits per heavy atom. The lowest BCUT2D eigenvalue weighted by atomic mass is 9.92. The zero-order chi connectivity index (χ0) is 13.0. The number of nitrogens with zero attached hydrogens (tertiary/aromatic N) is 1. The van der Waals surface area contributed by atoms with Crippen molar-refractivity contribution in [2.75, 3.05) is 19.7 Å². The summed E-state index contributed by atoms with van der Waals surface area (Å²) in [6.07, 6.45) is 2.29. The Kier molecular flexibility index (Phi) is 2.46. The highest BCUT2D eigenvalue weighted by molar-refractivity contribution is 5.85. The lowest BCUT2D eigenvalue weighted by Crippen LogP contribution is -2.52. The number of carbonyl (C=O) groups is 1. The standard InChI is InChI=1S/C16H19NO2/c18-9-10-7-17(8-10)16(19)15-13-6-5-11-3-1-2-4-12(11)14(13)15/h1-4,10,13-15,18H,5-9H2. The molecule has 0 bridgehead atoms. The first-order valence-corrected chi connectivity index (χ1v) is 7.27. The van der Waals surface area contributed by atoms with Crippen LogP contribution in [0.4, 0.5) is 0 Å². The van der Waals surface area contributed by atoms with E-state index in [2.05, 4.69) is 24.3 Å².